The molecule has 4 heteroatoms. The fraction of sp³-hybridized carbons (Fsp3) is 0.333. The van der Waals surface area contributed by atoms with Crippen LogP contribution in [0.15, 0.2) is 140 Å². The number of benzene rings is 6. The fourth-order valence-corrected chi connectivity index (χ4v) is 14.1. The number of fused-ring (bicyclic) bond motifs is 10. The molecule has 6 aromatic carbocycles. The summed E-state index contributed by atoms with van der Waals surface area (Å²) in [7, 11) is 0. The molecule has 2 atom stereocenters. The average molecular weight is 893 g/mol. The summed E-state index contributed by atoms with van der Waals surface area (Å²) in [6, 6.07) is 45.8. The van der Waals surface area contributed by atoms with Crippen molar-refractivity contribution in [2.45, 2.75) is 129 Å². The second-order valence-electron chi connectivity index (χ2n) is 24.5. The van der Waals surface area contributed by atoms with Gasteiger partial charge in [0.1, 0.15) is 0 Å². The Kier molecular flexibility index (Phi) is 9.09. The first kappa shape index (κ1) is 42.8. The van der Waals surface area contributed by atoms with Crippen LogP contribution in [-0.4, -0.2) is 6.71 Å². The SMILES string of the molecule is CC(C)(C)c1ccc(N2c3ccc(C(C)(C)C)cc3B3c4sc5cc6c(cc5c4N(c4ccc5c(c4)C(C)(C)CCC5(C)C)c4cc(-c5ccccc5)cc2c43)C2C=CC=CC2C6(C)C)cc1. The topological polar surface area (TPSA) is 6.48 Å². The molecule has 0 saturated heterocycles. The molecule has 0 N–H and O–H groups in total. The smallest absolute Gasteiger partial charge is 0.264 e. The molecule has 2 nitrogen and oxygen atoms in total. The monoisotopic (exact) mass is 892 g/mol. The highest BCUT2D eigenvalue weighted by atomic mass is 32.1. The summed E-state index contributed by atoms with van der Waals surface area (Å²) in [5.74, 6) is 0.814. The summed E-state index contributed by atoms with van der Waals surface area (Å²) < 4.78 is 2.83. The van der Waals surface area contributed by atoms with Gasteiger partial charge in [-0.25, -0.2) is 0 Å². The van der Waals surface area contributed by atoms with Gasteiger partial charge in [0.15, 0.2) is 0 Å². The van der Waals surface area contributed by atoms with Gasteiger partial charge in [-0.15, -0.1) is 11.3 Å². The molecule has 0 spiro atoms. The number of hydrogen-bond donors (Lipinski definition) is 0. The summed E-state index contributed by atoms with van der Waals surface area (Å²) in [6.45, 7) is 28.9. The van der Waals surface area contributed by atoms with Crippen molar-refractivity contribution in [3.63, 3.8) is 0 Å². The molecule has 5 aliphatic rings. The van der Waals surface area contributed by atoms with E-state index in [1.165, 1.54) is 117 Å². The number of rotatable bonds is 3. The summed E-state index contributed by atoms with van der Waals surface area (Å²) in [5, 5.41) is 1.38. The number of thiophene rings is 1. The Morgan fingerprint density at radius 1 is 0.567 bits per heavy atom. The van der Waals surface area contributed by atoms with Gasteiger partial charge in [0.2, 0.25) is 0 Å². The van der Waals surface area contributed by atoms with Gasteiger partial charge in [0.05, 0.1) is 5.69 Å². The minimum atomic E-state index is -0.0210. The van der Waals surface area contributed by atoms with E-state index < -0.39 is 0 Å². The van der Waals surface area contributed by atoms with E-state index in [9.17, 15) is 0 Å². The molecule has 7 aromatic rings. The average Bonchev–Trinajstić information content (AvgIpc) is 3.77. The molecule has 0 bridgehead atoms. The minimum Gasteiger partial charge on any atom is -0.311 e. The van der Waals surface area contributed by atoms with Gasteiger partial charge in [-0.1, -0.05) is 168 Å². The van der Waals surface area contributed by atoms with Crippen LogP contribution in [-0.2, 0) is 27.1 Å². The zero-order valence-corrected chi connectivity index (χ0v) is 42.5. The van der Waals surface area contributed by atoms with Crippen LogP contribution in [0.2, 0.25) is 0 Å². The first-order valence-electron chi connectivity index (χ1n) is 24.9. The lowest BCUT2D eigenvalue weighted by atomic mass is 9.36. The molecule has 0 amide bonds. The predicted octanol–water partition coefficient (Wildman–Crippen LogP) is 15.7. The molecule has 3 aliphatic carbocycles. The summed E-state index contributed by atoms with van der Waals surface area (Å²) in [4.78, 5) is 5.33. The van der Waals surface area contributed by atoms with E-state index in [1.54, 1.807) is 0 Å². The molecule has 0 saturated carbocycles. The Morgan fingerprint density at radius 2 is 1.21 bits per heavy atom. The van der Waals surface area contributed by atoms with Crippen molar-refractivity contribution >= 4 is 78.0 Å². The Labute approximate surface area is 404 Å². The first-order chi connectivity index (χ1) is 31.7. The number of nitrogens with zero attached hydrogens (tertiary/aromatic N) is 2. The lowest BCUT2D eigenvalue weighted by Gasteiger charge is -2.45. The van der Waals surface area contributed by atoms with Crippen LogP contribution < -0.4 is 25.5 Å². The third-order valence-corrected chi connectivity index (χ3v) is 18.1. The van der Waals surface area contributed by atoms with Gasteiger partial charge in [-0.05, 0) is 156 Å². The number of anilines is 6. The Morgan fingerprint density at radius 3 is 1.91 bits per heavy atom. The van der Waals surface area contributed by atoms with E-state index in [4.69, 9.17) is 0 Å². The molecule has 2 unspecified atom stereocenters. The van der Waals surface area contributed by atoms with Gasteiger partial charge in [-0.3, -0.25) is 0 Å². The minimum absolute atomic E-state index is 0.0210. The van der Waals surface area contributed by atoms with Gasteiger partial charge in [-0.2, -0.15) is 0 Å². The van der Waals surface area contributed by atoms with Crippen LogP contribution >= 0.6 is 11.3 Å². The maximum absolute atomic E-state index is 2.73. The lowest BCUT2D eigenvalue weighted by molar-refractivity contribution is 0.332. The van der Waals surface area contributed by atoms with Crippen molar-refractivity contribution in [2.75, 3.05) is 9.80 Å². The zero-order valence-electron chi connectivity index (χ0n) is 41.7. The van der Waals surface area contributed by atoms with Crippen LogP contribution in [0.3, 0.4) is 0 Å². The van der Waals surface area contributed by atoms with Crippen LogP contribution in [0.4, 0.5) is 34.1 Å². The zero-order chi connectivity index (χ0) is 46.7. The quantitative estimate of drug-likeness (QED) is 0.163. The van der Waals surface area contributed by atoms with Crippen molar-refractivity contribution in [1.82, 2.24) is 0 Å². The van der Waals surface area contributed by atoms with E-state index >= 15 is 0 Å². The van der Waals surface area contributed by atoms with Crippen molar-refractivity contribution in [1.29, 1.82) is 0 Å². The van der Waals surface area contributed by atoms with Gasteiger partial charge in [0.25, 0.3) is 6.71 Å². The largest absolute Gasteiger partial charge is 0.311 e. The maximum Gasteiger partial charge on any atom is 0.264 e. The Bertz CT molecular complexity index is 3250. The summed E-state index contributed by atoms with van der Waals surface area (Å²) in [5.41, 5.74) is 21.8. The van der Waals surface area contributed by atoms with Crippen LogP contribution in [0.25, 0.3) is 21.2 Å². The molecule has 12 rings (SSSR count). The first-order valence-corrected chi connectivity index (χ1v) is 25.7. The van der Waals surface area contributed by atoms with Gasteiger partial charge in [0, 0.05) is 49.2 Å². The molecule has 2 aliphatic heterocycles. The summed E-state index contributed by atoms with van der Waals surface area (Å²) in [6.07, 6.45) is 11.8. The highest BCUT2D eigenvalue weighted by Gasteiger charge is 2.49. The lowest BCUT2D eigenvalue weighted by Crippen LogP contribution is -2.60. The van der Waals surface area contributed by atoms with Crippen LogP contribution in [0.1, 0.15) is 135 Å². The number of hydrogen-bond acceptors (Lipinski definition) is 3. The molecule has 336 valence electrons. The molecule has 3 heterocycles. The van der Waals surface area contributed by atoms with E-state index in [-0.39, 0.29) is 33.8 Å². The van der Waals surface area contributed by atoms with E-state index in [1.807, 2.05) is 11.3 Å². The normalized spacial score (nSPS) is 20.3. The molecular weight excluding hydrogens is 828 g/mol. The molecular formula is C63H65BN2S. The van der Waals surface area contributed by atoms with Gasteiger partial charge < -0.3 is 9.80 Å². The second-order valence-corrected chi connectivity index (χ2v) is 25.6. The third kappa shape index (κ3) is 6.34. The maximum atomic E-state index is 2.73. The number of allylic oxidation sites excluding steroid dienone is 4. The molecule has 67 heavy (non-hydrogen) atoms. The van der Waals surface area contributed by atoms with Crippen LogP contribution in [0, 0.1) is 5.92 Å². The Hall–Kier alpha value is -5.58. The standard InChI is InChI=1S/C63H65BN2S/c1-59(2,3)40-22-25-42(26-23-40)65-52-29-24-41(60(4,5)6)34-51(52)64-56-53(65)32-39(38-18-14-13-15-19-38)33-54(56)66(43-27-28-48-50(35-43)62(9,10)31-30-61(48,7)8)57-46-36-45-44-20-16-17-21-47(44)63(11,12)49(45)37-55(46)67-58(57)64/h13-29,32-37,44,47H,30-31H2,1-12H3. The van der Waals surface area contributed by atoms with E-state index in [0.29, 0.717) is 11.8 Å². The molecule has 1 aromatic heterocycles. The third-order valence-electron chi connectivity index (χ3n) is 16.9. The van der Waals surface area contributed by atoms with E-state index in [0.717, 1.165) is 0 Å². The van der Waals surface area contributed by atoms with Crippen molar-refractivity contribution < 1.29 is 0 Å². The molecule has 0 radical (unpaired) electrons. The highest BCUT2D eigenvalue weighted by molar-refractivity contribution is 7.33. The summed E-state index contributed by atoms with van der Waals surface area (Å²) >= 11 is 2.05. The molecule has 0 fully saturated rings. The fourth-order valence-electron chi connectivity index (χ4n) is 12.8. The van der Waals surface area contributed by atoms with Crippen molar-refractivity contribution in [2.24, 2.45) is 5.92 Å². The van der Waals surface area contributed by atoms with Crippen LogP contribution in [0.5, 0.6) is 0 Å². The van der Waals surface area contributed by atoms with Crippen molar-refractivity contribution in [3.05, 3.63) is 173 Å². The Balaban J connectivity index is 1.22. The predicted molar refractivity (Wildman–Crippen MR) is 292 cm³/mol. The van der Waals surface area contributed by atoms with E-state index in [2.05, 4.69) is 232 Å². The van der Waals surface area contributed by atoms with Crippen molar-refractivity contribution in [3.8, 4) is 11.1 Å². The highest BCUT2D eigenvalue weighted by Crippen LogP contribution is 2.57. The second kappa shape index (κ2) is 14.2. The van der Waals surface area contributed by atoms with Gasteiger partial charge >= 0.3 is 0 Å².